The van der Waals surface area contributed by atoms with Crippen LogP contribution in [-0.4, -0.2) is 10.9 Å². The fourth-order valence-corrected chi connectivity index (χ4v) is 1.74. The molecule has 19 heavy (non-hydrogen) atoms. The summed E-state index contributed by atoms with van der Waals surface area (Å²) < 4.78 is 18.8. The Hall–Kier alpha value is -2.17. The molecule has 0 saturated heterocycles. The highest BCUT2D eigenvalue weighted by molar-refractivity contribution is 6.03. The van der Waals surface area contributed by atoms with E-state index in [2.05, 4.69) is 10.3 Å². The number of nitrogens with one attached hydrogen (secondary N) is 1. The molecule has 1 aromatic heterocycles. The SMILES string of the molecule is Cc1nc(C(C)C)c(C(=O)Nc2ccccc2F)o1. The molecule has 0 aliphatic heterocycles. The van der Waals surface area contributed by atoms with Gasteiger partial charge in [-0.05, 0) is 18.1 Å². The molecule has 0 unspecified atom stereocenters. The van der Waals surface area contributed by atoms with Crippen molar-refractivity contribution in [1.82, 2.24) is 4.98 Å². The van der Waals surface area contributed by atoms with Gasteiger partial charge in [-0.2, -0.15) is 0 Å². The van der Waals surface area contributed by atoms with E-state index in [4.69, 9.17) is 4.42 Å². The van der Waals surface area contributed by atoms with Crippen molar-refractivity contribution >= 4 is 11.6 Å². The quantitative estimate of drug-likeness (QED) is 0.921. The zero-order chi connectivity index (χ0) is 14.0. The molecule has 4 nitrogen and oxygen atoms in total. The van der Waals surface area contributed by atoms with Gasteiger partial charge in [0.1, 0.15) is 5.82 Å². The molecular formula is C14H15FN2O2. The van der Waals surface area contributed by atoms with E-state index in [0.29, 0.717) is 11.6 Å². The number of carbonyl (C=O) groups is 1. The van der Waals surface area contributed by atoms with Crippen molar-refractivity contribution < 1.29 is 13.6 Å². The van der Waals surface area contributed by atoms with Crippen molar-refractivity contribution in [1.29, 1.82) is 0 Å². The number of hydrogen-bond acceptors (Lipinski definition) is 3. The summed E-state index contributed by atoms with van der Waals surface area (Å²) in [6, 6.07) is 5.98. The third-order valence-corrected chi connectivity index (χ3v) is 2.64. The van der Waals surface area contributed by atoms with Gasteiger partial charge in [0, 0.05) is 6.92 Å². The van der Waals surface area contributed by atoms with Crippen LogP contribution in [0.1, 0.15) is 41.9 Å². The molecule has 0 aliphatic carbocycles. The molecule has 1 amide bonds. The van der Waals surface area contributed by atoms with E-state index in [1.165, 1.54) is 12.1 Å². The summed E-state index contributed by atoms with van der Waals surface area (Å²) >= 11 is 0. The number of carbonyl (C=O) groups excluding carboxylic acids is 1. The highest BCUT2D eigenvalue weighted by atomic mass is 19.1. The minimum Gasteiger partial charge on any atom is -0.436 e. The second-order valence-electron chi connectivity index (χ2n) is 4.54. The number of rotatable bonds is 3. The van der Waals surface area contributed by atoms with Crippen molar-refractivity contribution in [3.05, 3.63) is 47.4 Å². The molecule has 0 saturated carbocycles. The van der Waals surface area contributed by atoms with Gasteiger partial charge in [0.2, 0.25) is 5.76 Å². The molecule has 2 rings (SSSR count). The largest absolute Gasteiger partial charge is 0.436 e. The van der Waals surface area contributed by atoms with Gasteiger partial charge in [-0.3, -0.25) is 4.79 Å². The molecule has 0 spiro atoms. The number of anilines is 1. The summed E-state index contributed by atoms with van der Waals surface area (Å²) in [5.41, 5.74) is 0.697. The van der Waals surface area contributed by atoms with Crippen LogP contribution < -0.4 is 5.32 Å². The van der Waals surface area contributed by atoms with Crippen LogP contribution in [-0.2, 0) is 0 Å². The lowest BCUT2D eigenvalue weighted by Gasteiger charge is -2.06. The van der Waals surface area contributed by atoms with Crippen molar-refractivity contribution in [2.45, 2.75) is 26.7 Å². The molecule has 0 aliphatic rings. The number of amides is 1. The Kier molecular flexibility index (Phi) is 3.64. The third-order valence-electron chi connectivity index (χ3n) is 2.64. The minimum absolute atomic E-state index is 0.0545. The molecule has 0 radical (unpaired) electrons. The predicted octanol–water partition coefficient (Wildman–Crippen LogP) is 3.50. The van der Waals surface area contributed by atoms with E-state index in [1.807, 2.05) is 13.8 Å². The zero-order valence-corrected chi connectivity index (χ0v) is 11.0. The van der Waals surface area contributed by atoms with Crippen molar-refractivity contribution in [3.8, 4) is 0 Å². The molecular weight excluding hydrogens is 247 g/mol. The summed E-state index contributed by atoms with van der Waals surface area (Å²) in [6.45, 7) is 5.50. The van der Waals surface area contributed by atoms with Gasteiger partial charge < -0.3 is 9.73 Å². The van der Waals surface area contributed by atoms with Gasteiger partial charge in [-0.25, -0.2) is 9.37 Å². The van der Waals surface area contributed by atoms with E-state index in [1.54, 1.807) is 19.1 Å². The van der Waals surface area contributed by atoms with Crippen LogP contribution in [0.25, 0.3) is 0 Å². The molecule has 1 aromatic carbocycles. The lowest BCUT2D eigenvalue weighted by atomic mass is 10.1. The van der Waals surface area contributed by atoms with Crippen LogP contribution in [0.15, 0.2) is 28.7 Å². The molecule has 0 fully saturated rings. The van der Waals surface area contributed by atoms with Crippen LogP contribution in [0.4, 0.5) is 10.1 Å². The number of para-hydroxylation sites is 1. The first-order valence-corrected chi connectivity index (χ1v) is 6.02. The zero-order valence-electron chi connectivity index (χ0n) is 11.0. The smallest absolute Gasteiger partial charge is 0.293 e. The molecule has 0 atom stereocenters. The molecule has 0 bridgehead atoms. The maximum absolute atomic E-state index is 13.5. The summed E-state index contributed by atoms with van der Waals surface area (Å²) in [4.78, 5) is 16.3. The van der Waals surface area contributed by atoms with E-state index in [0.717, 1.165) is 0 Å². The summed E-state index contributed by atoms with van der Waals surface area (Å²) in [5, 5.41) is 2.49. The van der Waals surface area contributed by atoms with E-state index in [9.17, 15) is 9.18 Å². The van der Waals surface area contributed by atoms with Crippen LogP contribution in [0, 0.1) is 12.7 Å². The summed E-state index contributed by atoms with van der Waals surface area (Å²) in [6.07, 6.45) is 0. The highest BCUT2D eigenvalue weighted by Gasteiger charge is 2.21. The average Bonchev–Trinajstić information content (AvgIpc) is 2.74. The first-order chi connectivity index (χ1) is 8.99. The minimum atomic E-state index is -0.491. The van der Waals surface area contributed by atoms with Gasteiger partial charge in [-0.15, -0.1) is 0 Å². The van der Waals surface area contributed by atoms with E-state index < -0.39 is 11.7 Å². The van der Waals surface area contributed by atoms with Crippen LogP contribution in [0.5, 0.6) is 0 Å². The molecule has 2 aromatic rings. The monoisotopic (exact) mass is 262 g/mol. The first-order valence-electron chi connectivity index (χ1n) is 6.02. The molecule has 1 N–H and O–H groups in total. The van der Waals surface area contributed by atoms with Crippen LogP contribution in [0.3, 0.4) is 0 Å². The van der Waals surface area contributed by atoms with Gasteiger partial charge in [-0.1, -0.05) is 26.0 Å². The Morgan fingerprint density at radius 1 is 1.37 bits per heavy atom. The van der Waals surface area contributed by atoms with Gasteiger partial charge >= 0.3 is 0 Å². The molecule has 5 heteroatoms. The number of hydrogen-bond donors (Lipinski definition) is 1. The fraction of sp³-hybridized carbons (Fsp3) is 0.286. The van der Waals surface area contributed by atoms with E-state index >= 15 is 0 Å². The Morgan fingerprint density at radius 3 is 2.68 bits per heavy atom. The number of halogens is 1. The summed E-state index contributed by atoms with van der Waals surface area (Å²) in [5.74, 6) is -0.371. The number of benzene rings is 1. The molecule has 1 heterocycles. The average molecular weight is 262 g/mol. The Labute approximate surface area is 110 Å². The predicted molar refractivity (Wildman–Crippen MR) is 69.7 cm³/mol. The van der Waals surface area contributed by atoms with Gasteiger partial charge in [0.05, 0.1) is 11.4 Å². The highest BCUT2D eigenvalue weighted by Crippen LogP contribution is 2.21. The molecule has 100 valence electrons. The Morgan fingerprint density at radius 2 is 2.05 bits per heavy atom. The Balaban J connectivity index is 2.28. The Bertz CT molecular complexity index is 605. The second kappa shape index (κ2) is 5.22. The lowest BCUT2D eigenvalue weighted by molar-refractivity contribution is 0.0993. The lowest BCUT2D eigenvalue weighted by Crippen LogP contribution is -2.14. The summed E-state index contributed by atoms with van der Waals surface area (Å²) in [7, 11) is 0. The third kappa shape index (κ3) is 2.81. The van der Waals surface area contributed by atoms with Gasteiger partial charge in [0.25, 0.3) is 5.91 Å². The van der Waals surface area contributed by atoms with Crippen molar-refractivity contribution in [3.63, 3.8) is 0 Å². The van der Waals surface area contributed by atoms with Crippen molar-refractivity contribution in [2.24, 2.45) is 0 Å². The number of nitrogens with zero attached hydrogens (tertiary/aromatic N) is 1. The fourth-order valence-electron chi connectivity index (χ4n) is 1.74. The van der Waals surface area contributed by atoms with Crippen molar-refractivity contribution in [2.75, 3.05) is 5.32 Å². The number of oxazole rings is 1. The standard InChI is InChI=1S/C14H15FN2O2/c1-8(2)12-13(19-9(3)16-12)14(18)17-11-7-5-4-6-10(11)15/h4-8H,1-3H3,(H,17,18). The number of aryl methyl sites for hydroxylation is 1. The maximum Gasteiger partial charge on any atom is 0.293 e. The van der Waals surface area contributed by atoms with Crippen LogP contribution >= 0.6 is 0 Å². The first kappa shape index (κ1) is 13.3. The normalized spacial score (nSPS) is 10.8. The number of aromatic nitrogens is 1. The maximum atomic E-state index is 13.5. The second-order valence-corrected chi connectivity index (χ2v) is 4.54. The topological polar surface area (TPSA) is 55.1 Å². The van der Waals surface area contributed by atoms with Gasteiger partial charge in [0.15, 0.2) is 5.89 Å². The van der Waals surface area contributed by atoms with Crippen LogP contribution in [0.2, 0.25) is 0 Å². The van der Waals surface area contributed by atoms with E-state index in [-0.39, 0.29) is 17.4 Å².